The van der Waals surface area contributed by atoms with Gasteiger partial charge < -0.3 is 10.1 Å². The van der Waals surface area contributed by atoms with E-state index in [4.69, 9.17) is 17.0 Å². The van der Waals surface area contributed by atoms with Gasteiger partial charge in [-0.15, -0.1) is 0 Å². The van der Waals surface area contributed by atoms with E-state index >= 15 is 0 Å². The van der Waals surface area contributed by atoms with E-state index in [0.717, 1.165) is 11.1 Å². The van der Waals surface area contributed by atoms with E-state index in [1.54, 1.807) is 13.8 Å². The lowest BCUT2D eigenvalue weighted by atomic mass is 9.95. The Hall–Kier alpha value is -1.68. The molecule has 0 heterocycles. The van der Waals surface area contributed by atoms with Crippen molar-refractivity contribution in [3.05, 3.63) is 47.0 Å². The van der Waals surface area contributed by atoms with Gasteiger partial charge in [0.25, 0.3) is 0 Å². The Balaban J connectivity index is 3.24. The number of rotatable bonds is 5. The number of thiocarbonyl (C=S) groups is 1. The molecule has 1 aromatic carbocycles. The highest BCUT2D eigenvalue weighted by Gasteiger charge is 2.25. The molecule has 0 aromatic heterocycles. The summed E-state index contributed by atoms with van der Waals surface area (Å²) >= 11 is 5.14. The minimum Gasteiger partial charge on any atom is -0.463 e. The molecule has 1 atom stereocenters. The van der Waals surface area contributed by atoms with Crippen molar-refractivity contribution >= 4 is 23.2 Å². The smallest absolute Gasteiger partial charge is 0.336 e. The van der Waals surface area contributed by atoms with Gasteiger partial charge in [-0.3, -0.25) is 0 Å². The molecule has 0 aliphatic heterocycles. The van der Waals surface area contributed by atoms with Crippen LogP contribution in [0.4, 0.5) is 0 Å². The summed E-state index contributed by atoms with van der Waals surface area (Å²) in [4.78, 5) is 12.9. The molecule has 0 aliphatic rings. The van der Waals surface area contributed by atoms with E-state index in [9.17, 15) is 4.79 Å². The minimum atomic E-state index is -0.301. The van der Waals surface area contributed by atoms with Gasteiger partial charge >= 0.3 is 5.97 Å². The first-order chi connectivity index (χ1) is 9.47. The largest absolute Gasteiger partial charge is 0.463 e. The highest BCUT2D eigenvalue weighted by molar-refractivity contribution is 7.80. The Kier molecular flexibility index (Phi) is 6.39. The van der Waals surface area contributed by atoms with Crippen LogP contribution in [0.15, 0.2) is 41.5 Å². The van der Waals surface area contributed by atoms with Crippen molar-refractivity contribution in [1.29, 1.82) is 0 Å². The van der Waals surface area contributed by atoms with Crippen molar-refractivity contribution < 1.29 is 9.53 Å². The van der Waals surface area contributed by atoms with Crippen LogP contribution >= 0.6 is 12.2 Å². The summed E-state index contributed by atoms with van der Waals surface area (Å²) < 4.78 is 5.17. The van der Waals surface area contributed by atoms with E-state index in [2.05, 4.69) is 5.32 Å². The van der Waals surface area contributed by atoms with E-state index in [-0.39, 0.29) is 12.0 Å². The van der Waals surface area contributed by atoms with Crippen molar-refractivity contribution in [1.82, 2.24) is 5.32 Å². The molecule has 1 rings (SSSR count). The maximum Gasteiger partial charge on any atom is 0.336 e. The third-order valence-electron chi connectivity index (χ3n) is 2.80. The molecule has 1 unspecified atom stereocenters. The number of hydrogen-bond donors (Lipinski definition) is 1. The second-order valence-corrected chi connectivity index (χ2v) is 5.29. The van der Waals surface area contributed by atoms with Gasteiger partial charge in [0.15, 0.2) is 0 Å². The first-order valence-electron chi connectivity index (χ1n) is 6.63. The number of ether oxygens (including phenoxy) is 1. The number of benzene rings is 1. The van der Waals surface area contributed by atoms with Crippen molar-refractivity contribution in [2.75, 3.05) is 6.61 Å². The second-order valence-electron chi connectivity index (χ2n) is 4.68. The predicted molar refractivity (Wildman–Crippen MR) is 85.6 cm³/mol. The highest BCUT2D eigenvalue weighted by atomic mass is 32.1. The summed E-state index contributed by atoms with van der Waals surface area (Å²) in [7, 11) is 0. The lowest BCUT2D eigenvalue weighted by molar-refractivity contribution is -0.138. The number of carbonyl (C=O) groups excluding carboxylic acids is 1. The van der Waals surface area contributed by atoms with E-state index in [0.29, 0.717) is 17.2 Å². The topological polar surface area (TPSA) is 38.3 Å². The van der Waals surface area contributed by atoms with Crippen LogP contribution in [-0.4, -0.2) is 17.6 Å². The van der Waals surface area contributed by atoms with Crippen LogP contribution in [-0.2, 0) is 9.53 Å². The highest BCUT2D eigenvalue weighted by Crippen LogP contribution is 2.25. The number of nitrogens with one attached hydrogen (secondary N) is 1. The molecule has 20 heavy (non-hydrogen) atoms. The number of hydrogen-bond acceptors (Lipinski definition) is 3. The summed E-state index contributed by atoms with van der Waals surface area (Å²) in [6.07, 6.45) is 0. The summed E-state index contributed by atoms with van der Waals surface area (Å²) in [5, 5.41) is 3.19. The number of carbonyl (C=O) groups is 1. The van der Waals surface area contributed by atoms with Gasteiger partial charge in [-0.05, 0) is 33.3 Å². The van der Waals surface area contributed by atoms with Gasteiger partial charge in [-0.1, -0.05) is 48.1 Å². The Morgan fingerprint density at radius 1 is 1.25 bits per heavy atom. The van der Waals surface area contributed by atoms with Crippen molar-refractivity contribution in [3.63, 3.8) is 0 Å². The summed E-state index contributed by atoms with van der Waals surface area (Å²) in [5.74, 6) is -0.301. The van der Waals surface area contributed by atoms with Gasteiger partial charge in [0.2, 0.25) is 0 Å². The molecule has 0 radical (unpaired) electrons. The molecule has 0 bridgehead atoms. The minimum absolute atomic E-state index is 0.280. The standard InChI is InChI=1S/C16H21NO2S/c1-5-19-16(18)14(11(2)3)15(17-12(4)20)13-9-7-6-8-10-13/h6-10,15H,5H2,1-4H3,(H,17,20). The molecule has 0 fully saturated rings. The van der Waals surface area contributed by atoms with Crippen LogP contribution in [0.3, 0.4) is 0 Å². The third-order valence-corrected chi connectivity index (χ3v) is 2.92. The molecular formula is C16H21NO2S. The molecule has 0 aliphatic carbocycles. The van der Waals surface area contributed by atoms with Crippen molar-refractivity contribution in [2.45, 2.75) is 33.7 Å². The molecule has 1 N–H and O–H groups in total. The maximum atomic E-state index is 12.2. The van der Waals surface area contributed by atoms with Crippen LogP contribution in [0.25, 0.3) is 0 Å². The molecule has 108 valence electrons. The molecule has 4 heteroatoms. The normalized spacial score (nSPS) is 11.4. The van der Waals surface area contributed by atoms with E-state index in [1.165, 1.54) is 0 Å². The first-order valence-corrected chi connectivity index (χ1v) is 7.04. The van der Waals surface area contributed by atoms with Gasteiger partial charge in [0.05, 0.1) is 23.2 Å². The maximum absolute atomic E-state index is 12.2. The van der Waals surface area contributed by atoms with Crippen molar-refractivity contribution in [2.24, 2.45) is 0 Å². The van der Waals surface area contributed by atoms with Gasteiger partial charge in [-0.25, -0.2) is 4.79 Å². The molecular weight excluding hydrogens is 270 g/mol. The zero-order chi connectivity index (χ0) is 15.1. The van der Waals surface area contributed by atoms with Crippen LogP contribution in [0, 0.1) is 0 Å². The predicted octanol–water partition coefficient (Wildman–Crippen LogP) is 3.56. The monoisotopic (exact) mass is 291 g/mol. The zero-order valence-electron chi connectivity index (χ0n) is 12.4. The Labute approximate surface area is 126 Å². The second kappa shape index (κ2) is 7.80. The average molecular weight is 291 g/mol. The Morgan fingerprint density at radius 3 is 2.30 bits per heavy atom. The molecule has 0 amide bonds. The Morgan fingerprint density at radius 2 is 1.85 bits per heavy atom. The van der Waals surface area contributed by atoms with Gasteiger partial charge in [0, 0.05) is 0 Å². The fraction of sp³-hybridized carbons (Fsp3) is 0.375. The lowest BCUT2D eigenvalue weighted by Gasteiger charge is -2.23. The van der Waals surface area contributed by atoms with E-state index in [1.807, 2.05) is 44.2 Å². The molecule has 3 nitrogen and oxygen atoms in total. The van der Waals surface area contributed by atoms with Crippen LogP contribution in [0.1, 0.15) is 39.3 Å². The van der Waals surface area contributed by atoms with Gasteiger partial charge in [-0.2, -0.15) is 0 Å². The zero-order valence-corrected chi connectivity index (χ0v) is 13.2. The Bertz CT molecular complexity index is 504. The third kappa shape index (κ3) is 4.46. The van der Waals surface area contributed by atoms with Crippen LogP contribution in [0.5, 0.6) is 0 Å². The van der Waals surface area contributed by atoms with Gasteiger partial charge in [0.1, 0.15) is 0 Å². The first kappa shape index (κ1) is 16.4. The quantitative estimate of drug-likeness (QED) is 0.511. The molecule has 1 aromatic rings. The lowest BCUT2D eigenvalue weighted by Crippen LogP contribution is -2.30. The molecule has 0 spiro atoms. The average Bonchev–Trinajstić information content (AvgIpc) is 2.38. The van der Waals surface area contributed by atoms with Crippen LogP contribution < -0.4 is 5.32 Å². The van der Waals surface area contributed by atoms with Crippen molar-refractivity contribution in [3.8, 4) is 0 Å². The fourth-order valence-corrected chi connectivity index (χ4v) is 2.11. The van der Waals surface area contributed by atoms with E-state index < -0.39 is 0 Å². The summed E-state index contributed by atoms with van der Waals surface area (Å²) in [5.41, 5.74) is 2.52. The molecule has 0 saturated carbocycles. The number of esters is 1. The fourth-order valence-electron chi connectivity index (χ4n) is 1.99. The summed E-state index contributed by atoms with van der Waals surface area (Å²) in [6, 6.07) is 9.48. The molecule has 0 saturated heterocycles. The van der Waals surface area contributed by atoms with Crippen LogP contribution in [0.2, 0.25) is 0 Å². The SMILES string of the molecule is CCOC(=O)C(=C(C)C)C(NC(C)=S)c1ccccc1. The summed E-state index contributed by atoms with van der Waals surface area (Å²) in [6.45, 7) is 7.77. The number of allylic oxidation sites excluding steroid dienone is 1.